The van der Waals surface area contributed by atoms with Gasteiger partial charge < -0.3 is 9.47 Å². The third-order valence-electron chi connectivity index (χ3n) is 6.65. The lowest BCUT2D eigenvalue weighted by Crippen LogP contribution is -2.02. The van der Waals surface area contributed by atoms with Crippen LogP contribution < -0.4 is 14.9 Å². The third kappa shape index (κ3) is 8.72. The van der Waals surface area contributed by atoms with E-state index in [1.54, 1.807) is 21.3 Å². The molecule has 208 valence electrons. The number of halogens is 1. The van der Waals surface area contributed by atoms with E-state index in [9.17, 15) is 0 Å². The fraction of sp³-hybridized carbons (Fsp3) is 0.235. The van der Waals surface area contributed by atoms with Crippen molar-refractivity contribution < 1.29 is 9.47 Å². The molecule has 0 spiro atoms. The Morgan fingerprint density at radius 1 is 0.850 bits per heavy atom. The second-order valence-electron chi connectivity index (χ2n) is 9.27. The van der Waals surface area contributed by atoms with Crippen LogP contribution in [-0.2, 0) is 19.3 Å². The lowest BCUT2D eigenvalue weighted by molar-refractivity contribution is 0.393. The van der Waals surface area contributed by atoms with Crippen LogP contribution in [0.4, 0.5) is 0 Å². The molecule has 0 fully saturated rings. The van der Waals surface area contributed by atoms with Gasteiger partial charge in [-0.2, -0.15) is 5.11 Å². The predicted molar refractivity (Wildman–Crippen MR) is 167 cm³/mol. The van der Waals surface area contributed by atoms with Crippen LogP contribution in [0.1, 0.15) is 34.7 Å². The van der Waals surface area contributed by atoms with Gasteiger partial charge in [-0.1, -0.05) is 84.9 Å². The van der Waals surface area contributed by atoms with Crippen molar-refractivity contribution in [3.8, 4) is 22.6 Å². The molecule has 0 aromatic heterocycles. The van der Waals surface area contributed by atoms with Crippen LogP contribution in [0.25, 0.3) is 16.8 Å². The zero-order valence-electron chi connectivity index (χ0n) is 24.0. The minimum Gasteiger partial charge on any atom is -0.497 e. The lowest BCUT2D eigenvalue weighted by Gasteiger charge is -2.13. The van der Waals surface area contributed by atoms with Gasteiger partial charge in [0.05, 0.1) is 27.0 Å². The van der Waals surface area contributed by atoms with E-state index in [4.69, 9.17) is 21.1 Å². The molecule has 0 atom stereocenters. The van der Waals surface area contributed by atoms with Crippen LogP contribution in [-0.4, -0.2) is 21.3 Å². The number of ether oxygens (including phenoxy) is 2. The average molecular weight is 556 g/mol. The third-order valence-corrected chi connectivity index (χ3v) is 6.87. The molecule has 0 heterocycles. The number of hydrogen-bond acceptors (Lipinski definition) is 4. The highest BCUT2D eigenvalue weighted by atomic mass is 35.5. The summed E-state index contributed by atoms with van der Waals surface area (Å²) < 4.78 is 10.2. The molecule has 40 heavy (non-hydrogen) atoms. The molecule has 5 nitrogen and oxygen atoms in total. The summed E-state index contributed by atoms with van der Waals surface area (Å²) in [4.78, 5) is 0. The number of hydrogen-bond donors (Lipinski definition) is 1. The molecule has 0 aliphatic heterocycles. The Labute approximate surface area is 243 Å². The highest BCUT2D eigenvalue weighted by Crippen LogP contribution is 2.30. The highest BCUT2D eigenvalue weighted by Gasteiger charge is 2.09. The van der Waals surface area contributed by atoms with Crippen LogP contribution in [0.5, 0.6) is 11.5 Å². The first kappa shape index (κ1) is 30.5. The van der Waals surface area contributed by atoms with Gasteiger partial charge in [0.2, 0.25) is 0 Å². The quantitative estimate of drug-likeness (QED) is 0.157. The molecule has 4 aromatic carbocycles. The first-order chi connectivity index (χ1) is 19.4. The van der Waals surface area contributed by atoms with Crippen molar-refractivity contribution in [2.45, 2.75) is 33.1 Å². The van der Waals surface area contributed by atoms with Gasteiger partial charge in [0, 0.05) is 11.1 Å². The zero-order chi connectivity index (χ0) is 28.9. The van der Waals surface area contributed by atoms with Crippen molar-refractivity contribution in [2.24, 2.45) is 10.3 Å². The van der Waals surface area contributed by atoms with Gasteiger partial charge in [0.25, 0.3) is 0 Å². The Morgan fingerprint density at radius 2 is 1.50 bits per heavy atom. The summed E-state index contributed by atoms with van der Waals surface area (Å²) in [5.74, 6) is 1.71. The van der Waals surface area contributed by atoms with E-state index in [0.29, 0.717) is 0 Å². The van der Waals surface area contributed by atoms with E-state index in [-0.39, 0.29) is 0 Å². The van der Waals surface area contributed by atoms with E-state index >= 15 is 0 Å². The Bertz CT molecular complexity index is 1360. The minimum atomic E-state index is 0.732. The summed E-state index contributed by atoms with van der Waals surface area (Å²) >= 11 is 6.42. The van der Waals surface area contributed by atoms with Crippen LogP contribution in [0.15, 0.2) is 102 Å². The fourth-order valence-corrected chi connectivity index (χ4v) is 4.55. The maximum Gasteiger partial charge on any atom is 0.122 e. The van der Waals surface area contributed by atoms with Gasteiger partial charge in [-0.05, 0) is 89.4 Å². The van der Waals surface area contributed by atoms with Gasteiger partial charge in [-0.25, -0.2) is 0 Å². The van der Waals surface area contributed by atoms with Crippen molar-refractivity contribution in [1.82, 2.24) is 5.43 Å². The van der Waals surface area contributed by atoms with Crippen LogP contribution in [0, 0.1) is 6.92 Å². The number of rotatable bonds is 10. The average Bonchev–Trinajstić information content (AvgIpc) is 3.00. The maximum absolute atomic E-state index is 6.42. The van der Waals surface area contributed by atoms with E-state index < -0.39 is 0 Å². The Balaban J connectivity index is 0.000000307. The second-order valence-corrected chi connectivity index (χ2v) is 9.70. The molecule has 0 amide bonds. The summed E-state index contributed by atoms with van der Waals surface area (Å²) in [7, 11) is 4.94. The highest BCUT2D eigenvalue weighted by molar-refractivity contribution is 6.31. The van der Waals surface area contributed by atoms with Crippen molar-refractivity contribution in [2.75, 3.05) is 21.3 Å². The zero-order valence-corrected chi connectivity index (χ0v) is 24.8. The van der Waals surface area contributed by atoms with Crippen molar-refractivity contribution >= 4 is 17.3 Å². The van der Waals surface area contributed by atoms with Gasteiger partial charge in [-0.3, -0.25) is 5.43 Å². The Hall–Kier alpha value is -4.09. The SMILES string of the molecule is C=C(NN=NC)c1ccc(CCc2cc(Cl)cc(-c3ccccc3)c2C)cc1.CCc1cc(OC)cc(OC)c1. The standard InChI is InChI=1S/C24H24ClN3.C10H14O2/c1-17-22(15-23(25)16-24(17)21-7-5-4-6-8-21)14-11-19-9-12-20(13-10-19)18(2)27-28-26-3;1-4-8-5-9(11-2)7-10(6-8)12-3/h4-10,12-13,15-16H,2,11,14H2,1,3H3,(H,26,27);5-7H,4H2,1-3H3. The molecule has 4 aromatic rings. The van der Waals surface area contributed by atoms with Crippen molar-refractivity contribution in [3.63, 3.8) is 0 Å². The molecule has 6 heteroatoms. The van der Waals surface area contributed by atoms with E-state index in [1.807, 2.05) is 24.3 Å². The Kier molecular flexibility index (Phi) is 11.8. The molecule has 0 saturated heterocycles. The maximum atomic E-state index is 6.42. The molecule has 0 bridgehead atoms. The molecule has 0 aliphatic carbocycles. The normalized spacial score (nSPS) is 10.6. The summed E-state index contributed by atoms with van der Waals surface area (Å²) in [6, 6.07) is 28.8. The fourth-order valence-electron chi connectivity index (χ4n) is 4.31. The lowest BCUT2D eigenvalue weighted by atomic mass is 9.93. The number of nitrogens with one attached hydrogen (secondary N) is 1. The van der Waals surface area contributed by atoms with Gasteiger partial charge >= 0.3 is 0 Å². The first-order valence-corrected chi connectivity index (χ1v) is 13.7. The smallest absolute Gasteiger partial charge is 0.122 e. The molecular formula is C34H38ClN3O2. The predicted octanol–water partition coefficient (Wildman–Crippen LogP) is 8.92. The Morgan fingerprint density at radius 3 is 2.08 bits per heavy atom. The first-order valence-electron chi connectivity index (χ1n) is 13.3. The van der Waals surface area contributed by atoms with E-state index in [0.717, 1.165) is 47.0 Å². The molecule has 0 aliphatic rings. The van der Waals surface area contributed by atoms with Crippen molar-refractivity contribution in [1.29, 1.82) is 0 Å². The molecule has 1 N–H and O–H groups in total. The van der Waals surface area contributed by atoms with Gasteiger partial charge in [-0.15, -0.1) is 0 Å². The van der Waals surface area contributed by atoms with E-state index in [1.165, 1.54) is 33.4 Å². The monoisotopic (exact) mass is 555 g/mol. The summed E-state index contributed by atoms with van der Waals surface area (Å²) in [6.45, 7) is 8.25. The van der Waals surface area contributed by atoms with Crippen LogP contribution in [0.2, 0.25) is 5.02 Å². The number of nitrogens with zero attached hydrogens (tertiary/aromatic N) is 2. The number of benzene rings is 4. The topological polar surface area (TPSA) is 55.2 Å². The largest absolute Gasteiger partial charge is 0.497 e. The summed E-state index contributed by atoms with van der Waals surface area (Å²) in [6.07, 6.45) is 2.88. The van der Waals surface area contributed by atoms with Gasteiger partial charge in [0.15, 0.2) is 0 Å². The van der Waals surface area contributed by atoms with E-state index in [2.05, 4.69) is 96.9 Å². The molecule has 0 unspecified atom stereocenters. The van der Waals surface area contributed by atoms with Crippen molar-refractivity contribution in [3.05, 3.63) is 124 Å². The molecule has 0 saturated carbocycles. The van der Waals surface area contributed by atoms with Gasteiger partial charge in [0.1, 0.15) is 11.5 Å². The van der Waals surface area contributed by atoms with Crippen LogP contribution in [0.3, 0.4) is 0 Å². The molecule has 0 radical (unpaired) electrons. The summed E-state index contributed by atoms with van der Waals surface area (Å²) in [5, 5.41) is 8.21. The van der Waals surface area contributed by atoms with Crippen LogP contribution >= 0.6 is 11.6 Å². The molecule has 4 rings (SSSR count). The minimum absolute atomic E-state index is 0.732. The second kappa shape index (κ2) is 15.5. The summed E-state index contributed by atoms with van der Waals surface area (Å²) in [5.41, 5.74) is 12.0. The number of methoxy groups -OCH3 is 2. The number of aryl methyl sites for hydroxylation is 3. The molecular weight excluding hydrogens is 518 g/mol.